The summed E-state index contributed by atoms with van der Waals surface area (Å²) in [6.45, 7) is 5.75. The molecular weight excluding hydrogens is 393 g/mol. The van der Waals surface area contributed by atoms with Gasteiger partial charge in [0, 0.05) is 24.3 Å². The minimum atomic E-state index is -4.49. The highest BCUT2D eigenvalue weighted by atomic mass is 32.2. The van der Waals surface area contributed by atoms with Gasteiger partial charge in [-0.3, -0.25) is 4.79 Å². The van der Waals surface area contributed by atoms with Crippen LogP contribution in [0.5, 0.6) is 0 Å². The Kier molecular flexibility index (Phi) is 6.51. The van der Waals surface area contributed by atoms with Gasteiger partial charge in [0.1, 0.15) is 0 Å². The molecule has 0 bridgehead atoms. The number of carbonyl (C=O) groups is 1. The largest absolute Gasteiger partial charge is 0.416 e. The second kappa shape index (κ2) is 8.32. The lowest BCUT2D eigenvalue weighted by atomic mass is 10.1. The highest BCUT2D eigenvalue weighted by Gasteiger charge is 2.30. The van der Waals surface area contributed by atoms with Crippen LogP contribution in [0.1, 0.15) is 35.3 Å². The maximum atomic E-state index is 12.7. The van der Waals surface area contributed by atoms with Crippen molar-refractivity contribution in [1.82, 2.24) is 4.31 Å². The van der Waals surface area contributed by atoms with Gasteiger partial charge in [-0.2, -0.15) is 17.5 Å². The number of amides is 1. The number of aryl methyl sites for hydroxylation is 1. The maximum Gasteiger partial charge on any atom is 0.416 e. The summed E-state index contributed by atoms with van der Waals surface area (Å²) in [6, 6.07) is 8.17. The first kappa shape index (κ1) is 21.9. The third-order valence-electron chi connectivity index (χ3n) is 4.27. The summed E-state index contributed by atoms with van der Waals surface area (Å²) in [5.74, 6) is -0.630. The number of benzene rings is 2. The molecule has 0 spiro atoms. The summed E-state index contributed by atoms with van der Waals surface area (Å²) in [4.78, 5) is 12.4. The second-order valence-electron chi connectivity index (χ2n) is 6.10. The molecule has 152 valence electrons. The number of sulfonamides is 1. The zero-order valence-corrected chi connectivity index (χ0v) is 16.5. The van der Waals surface area contributed by atoms with Crippen LogP contribution >= 0.6 is 0 Å². The first-order chi connectivity index (χ1) is 13.0. The lowest BCUT2D eigenvalue weighted by Crippen LogP contribution is -2.30. The van der Waals surface area contributed by atoms with Gasteiger partial charge >= 0.3 is 6.18 Å². The van der Waals surface area contributed by atoms with Gasteiger partial charge < -0.3 is 5.32 Å². The van der Waals surface area contributed by atoms with E-state index in [2.05, 4.69) is 5.32 Å². The van der Waals surface area contributed by atoms with Crippen molar-refractivity contribution in [2.24, 2.45) is 0 Å². The lowest BCUT2D eigenvalue weighted by molar-refractivity contribution is -0.137. The van der Waals surface area contributed by atoms with E-state index in [9.17, 15) is 26.4 Å². The van der Waals surface area contributed by atoms with Crippen molar-refractivity contribution >= 4 is 21.6 Å². The molecule has 5 nitrogen and oxygen atoms in total. The second-order valence-corrected chi connectivity index (χ2v) is 8.03. The molecule has 0 aliphatic heterocycles. The van der Waals surface area contributed by atoms with Gasteiger partial charge in [0.05, 0.1) is 10.5 Å². The van der Waals surface area contributed by atoms with Gasteiger partial charge in [-0.1, -0.05) is 19.9 Å². The molecule has 0 saturated carbocycles. The number of nitrogens with one attached hydrogen (secondary N) is 1. The Morgan fingerprint density at radius 3 is 2.11 bits per heavy atom. The topological polar surface area (TPSA) is 66.5 Å². The molecule has 1 N–H and O–H groups in total. The van der Waals surface area contributed by atoms with Crippen molar-refractivity contribution in [3.05, 3.63) is 59.2 Å². The SMILES string of the molecule is CCN(CC)S(=O)(=O)c1ccc(C)c(NC(=O)c2ccc(C(F)(F)F)cc2)c1. The van der Waals surface area contributed by atoms with Crippen LogP contribution in [0, 0.1) is 6.92 Å². The van der Waals surface area contributed by atoms with E-state index in [1.807, 2.05) is 0 Å². The maximum absolute atomic E-state index is 12.7. The van der Waals surface area contributed by atoms with Crippen LogP contribution in [0.4, 0.5) is 18.9 Å². The standard InChI is InChI=1S/C19H21F3N2O3S/c1-4-24(5-2)28(26,27)16-11-6-13(3)17(12-16)23-18(25)14-7-9-15(10-8-14)19(20,21)22/h6-12H,4-5H2,1-3H3,(H,23,25). The lowest BCUT2D eigenvalue weighted by Gasteiger charge is -2.19. The van der Waals surface area contributed by atoms with Crippen LogP contribution in [0.25, 0.3) is 0 Å². The molecule has 2 aromatic rings. The molecule has 0 radical (unpaired) electrons. The Morgan fingerprint density at radius 2 is 1.61 bits per heavy atom. The molecule has 0 unspecified atom stereocenters. The molecule has 0 fully saturated rings. The van der Waals surface area contributed by atoms with E-state index < -0.39 is 27.7 Å². The van der Waals surface area contributed by atoms with E-state index in [0.717, 1.165) is 24.3 Å². The molecule has 2 rings (SSSR count). The van der Waals surface area contributed by atoms with Gasteiger partial charge in [0.25, 0.3) is 5.91 Å². The zero-order valence-electron chi connectivity index (χ0n) is 15.7. The van der Waals surface area contributed by atoms with E-state index in [-0.39, 0.29) is 16.1 Å². The van der Waals surface area contributed by atoms with Crippen LogP contribution in [-0.2, 0) is 16.2 Å². The van der Waals surface area contributed by atoms with E-state index >= 15 is 0 Å². The zero-order chi connectivity index (χ0) is 21.1. The fourth-order valence-corrected chi connectivity index (χ4v) is 4.10. The first-order valence-electron chi connectivity index (χ1n) is 8.60. The number of alkyl halides is 3. The first-order valence-corrected chi connectivity index (χ1v) is 10.0. The van der Waals surface area contributed by atoms with Crippen LogP contribution in [0.2, 0.25) is 0 Å². The van der Waals surface area contributed by atoms with Crippen molar-refractivity contribution in [1.29, 1.82) is 0 Å². The van der Waals surface area contributed by atoms with Gasteiger partial charge in [0.15, 0.2) is 0 Å². The number of nitrogens with zero attached hydrogens (tertiary/aromatic N) is 1. The molecular formula is C19H21F3N2O3S. The average molecular weight is 414 g/mol. The molecule has 0 heterocycles. The van der Waals surface area contributed by atoms with Crippen molar-refractivity contribution in [2.75, 3.05) is 18.4 Å². The molecule has 1 amide bonds. The van der Waals surface area contributed by atoms with Crippen molar-refractivity contribution in [3.8, 4) is 0 Å². The van der Waals surface area contributed by atoms with Gasteiger partial charge in [-0.15, -0.1) is 0 Å². The summed E-state index contributed by atoms with van der Waals surface area (Å²) in [7, 11) is -3.71. The Hall–Kier alpha value is -2.39. The minimum absolute atomic E-state index is 0.0319. The highest BCUT2D eigenvalue weighted by molar-refractivity contribution is 7.89. The Morgan fingerprint density at radius 1 is 1.04 bits per heavy atom. The number of hydrogen-bond donors (Lipinski definition) is 1. The molecule has 2 aromatic carbocycles. The van der Waals surface area contributed by atoms with Crippen LogP contribution < -0.4 is 5.32 Å². The third kappa shape index (κ3) is 4.71. The van der Waals surface area contributed by atoms with Crippen molar-refractivity contribution < 1.29 is 26.4 Å². The average Bonchev–Trinajstić information content (AvgIpc) is 2.63. The number of rotatable bonds is 6. The molecule has 0 aliphatic rings. The molecule has 28 heavy (non-hydrogen) atoms. The van der Waals surface area contributed by atoms with Crippen LogP contribution in [0.3, 0.4) is 0 Å². The Bertz CT molecular complexity index is 951. The van der Waals surface area contributed by atoms with Gasteiger partial charge in [-0.05, 0) is 48.9 Å². The molecule has 9 heteroatoms. The number of halogens is 3. The smallest absolute Gasteiger partial charge is 0.322 e. The number of anilines is 1. The van der Waals surface area contributed by atoms with E-state index in [1.165, 1.54) is 16.4 Å². The summed E-state index contributed by atoms with van der Waals surface area (Å²) < 4.78 is 64.5. The van der Waals surface area contributed by atoms with E-state index in [4.69, 9.17) is 0 Å². The Labute approximate surface area is 162 Å². The quantitative estimate of drug-likeness (QED) is 0.767. The van der Waals surface area contributed by atoms with Crippen LogP contribution in [0.15, 0.2) is 47.4 Å². The van der Waals surface area contributed by atoms with Crippen LogP contribution in [-0.4, -0.2) is 31.7 Å². The Balaban J connectivity index is 2.30. The summed E-state index contributed by atoms with van der Waals surface area (Å²) in [5, 5.41) is 2.57. The molecule has 0 saturated heterocycles. The summed E-state index contributed by atoms with van der Waals surface area (Å²) >= 11 is 0. The summed E-state index contributed by atoms with van der Waals surface area (Å²) in [5.41, 5.74) is 0.0776. The summed E-state index contributed by atoms with van der Waals surface area (Å²) in [6.07, 6.45) is -4.49. The number of hydrogen-bond acceptors (Lipinski definition) is 3. The van der Waals surface area contributed by atoms with Crippen molar-refractivity contribution in [2.45, 2.75) is 31.8 Å². The number of carbonyl (C=O) groups excluding carboxylic acids is 1. The third-order valence-corrected chi connectivity index (χ3v) is 6.32. The van der Waals surface area contributed by atoms with Crippen molar-refractivity contribution in [3.63, 3.8) is 0 Å². The van der Waals surface area contributed by atoms with E-state index in [1.54, 1.807) is 26.8 Å². The van der Waals surface area contributed by atoms with Gasteiger partial charge in [-0.25, -0.2) is 8.42 Å². The molecule has 0 atom stereocenters. The predicted octanol–water partition coefficient (Wildman–Crippen LogP) is 4.30. The molecule has 0 aliphatic carbocycles. The normalized spacial score (nSPS) is 12.2. The monoisotopic (exact) mass is 414 g/mol. The highest BCUT2D eigenvalue weighted by Crippen LogP contribution is 2.29. The molecule has 0 aromatic heterocycles. The fourth-order valence-electron chi connectivity index (χ4n) is 2.61. The predicted molar refractivity (Wildman–Crippen MR) is 101 cm³/mol. The fraction of sp³-hybridized carbons (Fsp3) is 0.316. The minimum Gasteiger partial charge on any atom is -0.322 e. The van der Waals surface area contributed by atoms with E-state index in [0.29, 0.717) is 18.7 Å². The van der Waals surface area contributed by atoms with Gasteiger partial charge in [0.2, 0.25) is 10.0 Å².